The molecule has 0 fully saturated rings. The molecule has 31 heavy (non-hydrogen) atoms. The second-order valence-corrected chi connectivity index (χ2v) is 7.86. The number of fused-ring (bicyclic) bond motifs is 3. The van der Waals surface area contributed by atoms with E-state index in [2.05, 4.69) is 16.7 Å². The molecule has 4 rings (SSSR count). The topological polar surface area (TPSA) is 65.8 Å². The highest BCUT2D eigenvalue weighted by atomic mass is 16.7. The lowest BCUT2D eigenvalue weighted by Crippen LogP contribution is -2.42. The number of carbonyl (C=O) groups excluding carboxylic acids is 1. The van der Waals surface area contributed by atoms with Crippen LogP contribution in [0, 0.1) is 0 Å². The maximum absolute atomic E-state index is 12.5. The van der Waals surface area contributed by atoms with Crippen molar-refractivity contribution in [3.8, 4) is 0 Å². The van der Waals surface area contributed by atoms with Crippen LogP contribution in [0.1, 0.15) is 30.3 Å². The average molecular weight is 424 g/mol. The normalized spacial score (nSPS) is 16.0. The van der Waals surface area contributed by atoms with Gasteiger partial charge in [0.1, 0.15) is 5.82 Å². The summed E-state index contributed by atoms with van der Waals surface area (Å²) in [5.41, 5.74) is 5.09. The van der Waals surface area contributed by atoms with Gasteiger partial charge in [0.05, 0.1) is 30.4 Å². The van der Waals surface area contributed by atoms with Gasteiger partial charge in [0.2, 0.25) is 0 Å². The lowest BCUT2D eigenvalue weighted by molar-refractivity contribution is -0.110. The third-order valence-corrected chi connectivity index (χ3v) is 6.03. The average Bonchev–Trinajstić information content (AvgIpc) is 3.14. The van der Waals surface area contributed by atoms with Crippen LogP contribution in [0.3, 0.4) is 0 Å². The van der Waals surface area contributed by atoms with Gasteiger partial charge in [0, 0.05) is 32.2 Å². The predicted molar refractivity (Wildman–Crippen MR) is 119 cm³/mol. The zero-order valence-corrected chi connectivity index (χ0v) is 18.5. The third-order valence-electron chi connectivity index (χ3n) is 6.03. The van der Waals surface area contributed by atoms with Crippen LogP contribution in [-0.4, -0.2) is 49.3 Å². The largest absolute Gasteiger partial charge is 0.452 e. The van der Waals surface area contributed by atoms with Gasteiger partial charge in [-0.05, 0) is 37.5 Å². The van der Waals surface area contributed by atoms with Crippen LogP contribution < -0.4 is 4.90 Å². The van der Waals surface area contributed by atoms with Crippen molar-refractivity contribution in [2.45, 2.75) is 45.1 Å². The Labute approximate surface area is 182 Å². The number of carbonyl (C=O) groups is 1. The summed E-state index contributed by atoms with van der Waals surface area (Å²) in [7, 11) is 4.70. The maximum Gasteiger partial charge on any atom is 0.414 e. The van der Waals surface area contributed by atoms with Gasteiger partial charge in [0.25, 0.3) is 0 Å². The molecule has 0 aliphatic carbocycles. The molecule has 1 aliphatic rings. The van der Waals surface area contributed by atoms with E-state index in [1.54, 1.807) is 19.1 Å². The first-order valence-electron chi connectivity index (χ1n) is 10.5. The number of anilines is 1. The van der Waals surface area contributed by atoms with Gasteiger partial charge in [-0.25, -0.2) is 9.78 Å². The Morgan fingerprint density at radius 2 is 1.87 bits per heavy atom. The zero-order valence-electron chi connectivity index (χ0n) is 18.5. The molecule has 2 aromatic carbocycles. The number of rotatable bonds is 6. The molecule has 0 unspecified atom stereocenters. The summed E-state index contributed by atoms with van der Waals surface area (Å²) in [5, 5.41) is 0. The maximum atomic E-state index is 12.5. The van der Waals surface area contributed by atoms with Crippen molar-refractivity contribution in [1.82, 2.24) is 9.55 Å². The minimum absolute atomic E-state index is 0.0784. The number of hydrogen-bond acceptors (Lipinski definition) is 5. The van der Waals surface area contributed by atoms with Crippen LogP contribution in [0.4, 0.5) is 10.5 Å². The minimum Gasteiger partial charge on any atom is -0.452 e. The SMILES string of the molecule is COC(=O)N1c2ccc3c(nc(Cc4ccccc4)n3CC(OC)OC)c2CC[C@@H]1C. The van der Waals surface area contributed by atoms with Gasteiger partial charge < -0.3 is 18.8 Å². The van der Waals surface area contributed by atoms with Crippen LogP contribution in [0.2, 0.25) is 0 Å². The molecule has 1 aliphatic heterocycles. The van der Waals surface area contributed by atoms with Crippen molar-refractivity contribution in [1.29, 1.82) is 0 Å². The Morgan fingerprint density at radius 1 is 1.13 bits per heavy atom. The van der Waals surface area contributed by atoms with E-state index in [0.717, 1.165) is 41.0 Å². The zero-order chi connectivity index (χ0) is 22.0. The van der Waals surface area contributed by atoms with E-state index >= 15 is 0 Å². The summed E-state index contributed by atoms with van der Waals surface area (Å²) >= 11 is 0. The molecule has 0 saturated carbocycles. The fraction of sp³-hybridized carbons (Fsp3) is 0.417. The van der Waals surface area contributed by atoms with E-state index in [4.69, 9.17) is 19.2 Å². The van der Waals surface area contributed by atoms with Gasteiger partial charge in [0.15, 0.2) is 6.29 Å². The molecule has 2 heterocycles. The van der Waals surface area contributed by atoms with Crippen LogP contribution in [-0.2, 0) is 33.6 Å². The highest BCUT2D eigenvalue weighted by Gasteiger charge is 2.31. The first kappa shape index (κ1) is 21.3. The Hall–Kier alpha value is -2.90. The van der Waals surface area contributed by atoms with Gasteiger partial charge in [-0.2, -0.15) is 0 Å². The number of amides is 1. The van der Waals surface area contributed by atoms with E-state index in [9.17, 15) is 4.79 Å². The molecular weight excluding hydrogens is 394 g/mol. The molecule has 1 amide bonds. The summed E-state index contributed by atoms with van der Waals surface area (Å²) in [6.07, 6.45) is 1.70. The second kappa shape index (κ2) is 9.08. The number of aryl methyl sites for hydroxylation is 1. The molecular formula is C24H29N3O4. The van der Waals surface area contributed by atoms with Gasteiger partial charge in [-0.3, -0.25) is 4.90 Å². The molecule has 1 aromatic heterocycles. The Balaban J connectivity index is 1.85. The summed E-state index contributed by atoms with van der Waals surface area (Å²) < 4.78 is 18.2. The molecule has 3 aromatic rings. The Bertz CT molecular complexity index is 1060. The van der Waals surface area contributed by atoms with E-state index < -0.39 is 0 Å². The highest BCUT2D eigenvalue weighted by Crippen LogP contribution is 2.36. The van der Waals surface area contributed by atoms with Crippen molar-refractivity contribution >= 4 is 22.8 Å². The lowest BCUT2D eigenvalue weighted by Gasteiger charge is -2.34. The van der Waals surface area contributed by atoms with Gasteiger partial charge in [-0.1, -0.05) is 30.3 Å². The van der Waals surface area contributed by atoms with Crippen LogP contribution in [0.25, 0.3) is 11.0 Å². The van der Waals surface area contributed by atoms with Gasteiger partial charge in [-0.15, -0.1) is 0 Å². The van der Waals surface area contributed by atoms with E-state index in [0.29, 0.717) is 13.0 Å². The molecule has 7 nitrogen and oxygen atoms in total. The summed E-state index contributed by atoms with van der Waals surface area (Å²) in [6, 6.07) is 14.4. The number of aromatic nitrogens is 2. The van der Waals surface area contributed by atoms with Crippen molar-refractivity contribution in [3.05, 3.63) is 59.4 Å². The molecule has 0 saturated heterocycles. The first-order valence-corrected chi connectivity index (χ1v) is 10.5. The Morgan fingerprint density at radius 3 is 2.55 bits per heavy atom. The predicted octanol–water partition coefficient (Wildman–Crippen LogP) is 4.15. The van der Waals surface area contributed by atoms with Crippen LogP contribution in [0.15, 0.2) is 42.5 Å². The van der Waals surface area contributed by atoms with Crippen molar-refractivity contribution < 1.29 is 19.0 Å². The van der Waals surface area contributed by atoms with E-state index in [1.165, 1.54) is 12.7 Å². The highest BCUT2D eigenvalue weighted by molar-refractivity contribution is 5.95. The van der Waals surface area contributed by atoms with Crippen molar-refractivity contribution in [2.75, 3.05) is 26.2 Å². The summed E-state index contributed by atoms with van der Waals surface area (Å²) in [4.78, 5) is 19.3. The fourth-order valence-electron chi connectivity index (χ4n) is 4.36. The quantitative estimate of drug-likeness (QED) is 0.557. The number of benzene rings is 2. The number of nitrogens with zero attached hydrogens (tertiary/aromatic N) is 3. The van der Waals surface area contributed by atoms with Crippen molar-refractivity contribution in [2.24, 2.45) is 0 Å². The number of methoxy groups -OCH3 is 3. The molecule has 0 N–H and O–H groups in total. The minimum atomic E-state index is -0.380. The molecule has 7 heteroatoms. The molecule has 164 valence electrons. The lowest BCUT2D eigenvalue weighted by atomic mass is 9.96. The molecule has 0 spiro atoms. The monoisotopic (exact) mass is 423 g/mol. The molecule has 0 radical (unpaired) electrons. The van der Waals surface area contributed by atoms with Crippen LogP contribution >= 0.6 is 0 Å². The molecule has 0 bridgehead atoms. The number of hydrogen-bond donors (Lipinski definition) is 0. The number of imidazole rings is 1. The molecule has 1 atom stereocenters. The van der Waals surface area contributed by atoms with Crippen molar-refractivity contribution in [3.63, 3.8) is 0 Å². The fourth-order valence-corrected chi connectivity index (χ4v) is 4.36. The standard InChI is InChI=1S/C24H29N3O4/c1-16-10-11-18-19(27(16)24(28)31-4)12-13-20-23(18)25-21(14-17-8-6-5-7-9-17)26(20)15-22(29-2)30-3/h5-9,12-13,16,22H,10-11,14-15H2,1-4H3/t16-/m0/s1. The number of ether oxygens (including phenoxy) is 3. The second-order valence-electron chi connectivity index (χ2n) is 7.86. The van der Waals surface area contributed by atoms with Crippen LogP contribution in [0.5, 0.6) is 0 Å². The summed E-state index contributed by atoms with van der Waals surface area (Å²) in [6.45, 7) is 2.58. The Kier molecular flexibility index (Phi) is 6.25. The van der Waals surface area contributed by atoms with E-state index in [-0.39, 0.29) is 18.4 Å². The summed E-state index contributed by atoms with van der Waals surface area (Å²) in [5.74, 6) is 0.942. The first-order chi connectivity index (χ1) is 15.1. The smallest absolute Gasteiger partial charge is 0.414 e. The van der Waals surface area contributed by atoms with E-state index in [1.807, 2.05) is 37.3 Å². The third kappa shape index (κ3) is 4.03. The van der Waals surface area contributed by atoms with Gasteiger partial charge >= 0.3 is 6.09 Å².